The number of rotatable bonds is 0. The van der Waals surface area contributed by atoms with Crippen molar-refractivity contribution in [2.45, 2.75) is 25.9 Å². The SMILES string of the molecule is CC1=Nn2c(C)nnc2SC1.Cc1cnn(C)n1. The summed E-state index contributed by atoms with van der Waals surface area (Å²) in [6.45, 7) is 5.82. The largest absolute Gasteiger partial charge is 0.212 e. The van der Waals surface area contributed by atoms with Crippen LogP contribution in [-0.4, -0.2) is 41.3 Å². The second kappa shape index (κ2) is 5.30. The maximum atomic E-state index is 4.29. The molecule has 2 aromatic heterocycles. The van der Waals surface area contributed by atoms with Gasteiger partial charge in [0.05, 0.1) is 11.9 Å². The number of fused-ring (bicyclic) bond motifs is 1. The van der Waals surface area contributed by atoms with E-state index in [1.54, 1.807) is 29.7 Å². The van der Waals surface area contributed by atoms with Gasteiger partial charge in [-0.05, 0) is 20.8 Å². The van der Waals surface area contributed by atoms with Crippen LogP contribution >= 0.6 is 11.8 Å². The first-order chi connectivity index (χ1) is 8.56. The molecule has 7 nitrogen and oxygen atoms in total. The average molecular weight is 265 g/mol. The maximum Gasteiger partial charge on any atom is 0.212 e. The van der Waals surface area contributed by atoms with E-state index in [0.29, 0.717) is 0 Å². The highest BCUT2D eigenvalue weighted by Crippen LogP contribution is 2.20. The third-order valence-electron chi connectivity index (χ3n) is 2.16. The highest BCUT2D eigenvalue weighted by Gasteiger charge is 2.13. The molecule has 8 heteroatoms. The van der Waals surface area contributed by atoms with Gasteiger partial charge in [-0.2, -0.15) is 24.8 Å². The minimum atomic E-state index is 0.853. The van der Waals surface area contributed by atoms with Crippen molar-refractivity contribution in [1.29, 1.82) is 0 Å². The summed E-state index contributed by atoms with van der Waals surface area (Å²) in [5.74, 6) is 1.78. The first-order valence-corrected chi connectivity index (χ1v) is 6.47. The Bertz CT molecular complexity index is 552. The molecule has 0 N–H and O–H groups in total. The summed E-state index contributed by atoms with van der Waals surface area (Å²) in [4.78, 5) is 1.54. The molecule has 0 amide bonds. The molecule has 0 bridgehead atoms. The molecule has 0 aliphatic carbocycles. The normalized spacial score (nSPS) is 13.4. The predicted molar refractivity (Wildman–Crippen MR) is 69.7 cm³/mol. The van der Waals surface area contributed by atoms with Crippen LogP contribution in [0.1, 0.15) is 18.4 Å². The Morgan fingerprint density at radius 3 is 2.56 bits per heavy atom. The molecule has 96 valence electrons. The fourth-order valence-corrected chi connectivity index (χ4v) is 2.15. The zero-order valence-electron chi connectivity index (χ0n) is 10.8. The molecule has 0 unspecified atom stereocenters. The van der Waals surface area contributed by atoms with Crippen molar-refractivity contribution in [2.75, 3.05) is 5.75 Å². The Hall–Kier alpha value is -1.70. The van der Waals surface area contributed by atoms with Gasteiger partial charge in [0.1, 0.15) is 0 Å². The fourth-order valence-electron chi connectivity index (χ4n) is 1.36. The monoisotopic (exact) mass is 265 g/mol. The Labute approximate surface area is 109 Å². The van der Waals surface area contributed by atoms with E-state index in [9.17, 15) is 0 Å². The Morgan fingerprint density at radius 1 is 1.22 bits per heavy atom. The van der Waals surface area contributed by atoms with E-state index in [2.05, 4.69) is 25.5 Å². The lowest BCUT2D eigenvalue weighted by molar-refractivity contribution is 0.649. The number of nitrogens with zero attached hydrogens (tertiary/aromatic N) is 7. The van der Waals surface area contributed by atoms with Crippen molar-refractivity contribution in [3.63, 3.8) is 0 Å². The summed E-state index contributed by atoms with van der Waals surface area (Å²) in [5.41, 5.74) is 2.08. The van der Waals surface area contributed by atoms with E-state index in [1.165, 1.54) is 4.80 Å². The molecule has 0 fully saturated rings. The van der Waals surface area contributed by atoms with Crippen molar-refractivity contribution in [3.8, 4) is 0 Å². The lowest BCUT2D eigenvalue weighted by Gasteiger charge is -2.08. The minimum Gasteiger partial charge on any atom is -0.192 e. The number of aryl methyl sites for hydroxylation is 3. The van der Waals surface area contributed by atoms with Gasteiger partial charge in [-0.1, -0.05) is 11.8 Å². The molecule has 0 saturated heterocycles. The van der Waals surface area contributed by atoms with Crippen molar-refractivity contribution < 1.29 is 0 Å². The van der Waals surface area contributed by atoms with E-state index in [0.717, 1.165) is 28.1 Å². The van der Waals surface area contributed by atoms with Crippen molar-refractivity contribution in [1.82, 2.24) is 29.9 Å². The van der Waals surface area contributed by atoms with Crippen LogP contribution in [-0.2, 0) is 7.05 Å². The molecule has 0 spiro atoms. The number of hydrogen-bond donors (Lipinski definition) is 0. The third-order valence-corrected chi connectivity index (χ3v) is 3.24. The topological polar surface area (TPSA) is 73.8 Å². The Kier molecular flexibility index (Phi) is 3.75. The standard InChI is InChI=1S/C6H8N4S.C4H7N3/c1-4-3-11-6-8-7-5(2)10(6)9-4;1-4-3-5-7(2)6-4/h3H2,1-2H3;3H,1-2H3. The molecule has 3 rings (SSSR count). The van der Waals surface area contributed by atoms with Crippen LogP contribution in [0.4, 0.5) is 0 Å². The van der Waals surface area contributed by atoms with Crippen molar-refractivity contribution in [2.24, 2.45) is 12.1 Å². The molecule has 0 radical (unpaired) electrons. The number of hydrogen-bond acceptors (Lipinski definition) is 6. The summed E-state index contributed by atoms with van der Waals surface area (Å²) < 4.78 is 1.78. The summed E-state index contributed by atoms with van der Waals surface area (Å²) in [5, 5.41) is 20.8. The first kappa shape index (κ1) is 12.7. The summed E-state index contributed by atoms with van der Waals surface area (Å²) in [6.07, 6.45) is 1.72. The van der Waals surface area contributed by atoms with Gasteiger partial charge in [-0.15, -0.1) is 10.2 Å². The molecule has 0 saturated carbocycles. The average Bonchev–Trinajstić information content (AvgIpc) is 2.87. The van der Waals surface area contributed by atoms with Crippen LogP contribution in [0.3, 0.4) is 0 Å². The fraction of sp³-hybridized carbons (Fsp3) is 0.500. The first-order valence-electron chi connectivity index (χ1n) is 5.48. The van der Waals surface area contributed by atoms with Crippen molar-refractivity contribution >= 4 is 17.5 Å². The Morgan fingerprint density at radius 2 is 2.00 bits per heavy atom. The van der Waals surface area contributed by atoms with E-state index in [1.807, 2.05) is 20.8 Å². The van der Waals surface area contributed by atoms with E-state index in [-0.39, 0.29) is 0 Å². The van der Waals surface area contributed by atoms with Gasteiger partial charge in [0.2, 0.25) is 5.16 Å². The van der Waals surface area contributed by atoms with E-state index >= 15 is 0 Å². The maximum absolute atomic E-state index is 4.29. The molecule has 1 aliphatic rings. The Balaban J connectivity index is 0.000000149. The minimum absolute atomic E-state index is 0.853. The summed E-state index contributed by atoms with van der Waals surface area (Å²) in [6, 6.07) is 0. The summed E-state index contributed by atoms with van der Waals surface area (Å²) in [7, 11) is 1.80. The second-order valence-electron chi connectivity index (χ2n) is 3.94. The van der Waals surface area contributed by atoms with E-state index < -0.39 is 0 Å². The molecule has 0 atom stereocenters. The van der Waals surface area contributed by atoms with Gasteiger partial charge in [0, 0.05) is 18.5 Å². The van der Waals surface area contributed by atoms with Crippen LogP contribution in [0.5, 0.6) is 0 Å². The van der Waals surface area contributed by atoms with Crippen LogP contribution in [0.15, 0.2) is 16.5 Å². The lowest BCUT2D eigenvalue weighted by atomic mass is 10.5. The smallest absolute Gasteiger partial charge is 0.192 e. The summed E-state index contributed by atoms with van der Waals surface area (Å²) >= 11 is 1.68. The van der Waals surface area contributed by atoms with Crippen LogP contribution in [0.2, 0.25) is 0 Å². The molecular formula is C10H15N7S. The third kappa shape index (κ3) is 2.95. The van der Waals surface area contributed by atoms with Gasteiger partial charge in [-0.3, -0.25) is 0 Å². The predicted octanol–water partition coefficient (Wildman–Crippen LogP) is 1.04. The van der Waals surface area contributed by atoms with Gasteiger partial charge in [-0.25, -0.2) is 0 Å². The van der Waals surface area contributed by atoms with Crippen molar-refractivity contribution in [3.05, 3.63) is 17.7 Å². The molecule has 1 aliphatic heterocycles. The lowest BCUT2D eigenvalue weighted by Crippen LogP contribution is -2.08. The molecule has 2 aromatic rings. The van der Waals surface area contributed by atoms with Gasteiger partial charge in [0.25, 0.3) is 0 Å². The molecule has 18 heavy (non-hydrogen) atoms. The van der Waals surface area contributed by atoms with E-state index in [4.69, 9.17) is 0 Å². The van der Waals surface area contributed by atoms with Crippen LogP contribution in [0.25, 0.3) is 0 Å². The van der Waals surface area contributed by atoms with Gasteiger partial charge < -0.3 is 0 Å². The zero-order chi connectivity index (χ0) is 13.1. The molecule has 0 aromatic carbocycles. The number of aromatic nitrogens is 6. The highest BCUT2D eigenvalue weighted by molar-refractivity contribution is 7.99. The van der Waals surface area contributed by atoms with Gasteiger partial charge in [0.15, 0.2) is 5.82 Å². The van der Waals surface area contributed by atoms with Crippen LogP contribution < -0.4 is 0 Å². The number of thioether (sulfide) groups is 1. The second-order valence-corrected chi connectivity index (χ2v) is 4.88. The zero-order valence-corrected chi connectivity index (χ0v) is 11.6. The van der Waals surface area contributed by atoms with Gasteiger partial charge >= 0.3 is 0 Å². The quantitative estimate of drug-likeness (QED) is 0.711. The highest BCUT2D eigenvalue weighted by atomic mass is 32.2. The molecular weight excluding hydrogens is 250 g/mol. The molecule has 3 heterocycles. The van der Waals surface area contributed by atoms with Crippen LogP contribution in [0, 0.1) is 13.8 Å².